The van der Waals surface area contributed by atoms with E-state index < -0.39 is 4.92 Å². The van der Waals surface area contributed by atoms with Gasteiger partial charge in [0.2, 0.25) is 0 Å². The summed E-state index contributed by atoms with van der Waals surface area (Å²) in [7, 11) is 0. The minimum absolute atomic E-state index is 0.00102. The molecule has 1 amide bonds. The van der Waals surface area contributed by atoms with Gasteiger partial charge in [-0.3, -0.25) is 14.9 Å². The van der Waals surface area contributed by atoms with Crippen molar-refractivity contribution in [1.82, 2.24) is 9.78 Å². The molecule has 3 aromatic carbocycles. The molecule has 1 aliphatic rings. The Morgan fingerprint density at radius 3 is 2.58 bits per heavy atom. The minimum Gasteiger partial charge on any atom is -0.367 e. The zero-order valence-electron chi connectivity index (χ0n) is 17.7. The highest BCUT2D eigenvalue weighted by molar-refractivity contribution is 6.03. The molecule has 1 aromatic heterocycles. The lowest BCUT2D eigenvalue weighted by molar-refractivity contribution is -0.384. The second kappa shape index (κ2) is 8.58. The fourth-order valence-corrected chi connectivity index (χ4v) is 4.06. The summed E-state index contributed by atoms with van der Waals surface area (Å²) in [5, 5.41) is 18.2. The first-order valence-corrected chi connectivity index (χ1v) is 10.6. The van der Waals surface area contributed by atoms with E-state index in [4.69, 9.17) is 0 Å². The average molecular weight is 439 g/mol. The first-order chi connectivity index (χ1) is 16.1. The third kappa shape index (κ3) is 4.18. The van der Waals surface area contributed by atoms with Crippen molar-refractivity contribution in [1.29, 1.82) is 0 Å². The number of fused-ring (bicyclic) bond motifs is 1. The van der Waals surface area contributed by atoms with Gasteiger partial charge in [-0.15, -0.1) is 0 Å². The number of non-ortho nitro benzene ring substituents is 1. The van der Waals surface area contributed by atoms with Crippen molar-refractivity contribution in [3.63, 3.8) is 0 Å². The molecule has 1 N–H and O–H groups in total. The molecule has 0 saturated carbocycles. The summed E-state index contributed by atoms with van der Waals surface area (Å²) in [6, 6.07) is 23.8. The summed E-state index contributed by atoms with van der Waals surface area (Å²) in [5.41, 5.74) is 5.24. The van der Waals surface area contributed by atoms with Gasteiger partial charge in [0, 0.05) is 42.8 Å². The topological polar surface area (TPSA) is 93.3 Å². The smallest absolute Gasteiger partial charge is 0.276 e. The van der Waals surface area contributed by atoms with Crippen molar-refractivity contribution in [2.24, 2.45) is 0 Å². The van der Waals surface area contributed by atoms with Crippen LogP contribution in [0.3, 0.4) is 0 Å². The van der Waals surface area contributed by atoms with E-state index in [2.05, 4.69) is 33.5 Å². The van der Waals surface area contributed by atoms with Gasteiger partial charge in [0.25, 0.3) is 11.6 Å². The lowest BCUT2D eigenvalue weighted by Gasteiger charge is -2.21. The summed E-state index contributed by atoms with van der Waals surface area (Å²) >= 11 is 0. The van der Waals surface area contributed by atoms with Gasteiger partial charge in [-0.25, -0.2) is 4.68 Å². The lowest BCUT2D eigenvalue weighted by atomic mass is 10.1. The molecule has 5 rings (SSSR count). The minimum atomic E-state index is -0.454. The van der Waals surface area contributed by atoms with E-state index in [9.17, 15) is 14.9 Å². The Bertz CT molecular complexity index is 1330. The molecule has 0 atom stereocenters. The molecular weight excluding hydrogens is 418 g/mol. The number of benzene rings is 3. The number of nitrogens with zero attached hydrogens (tertiary/aromatic N) is 4. The van der Waals surface area contributed by atoms with E-state index in [1.165, 1.54) is 28.1 Å². The molecule has 0 saturated heterocycles. The fourth-order valence-electron chi connectivity index (χ4n) is 4.06. The molecular formula is C25H21N5O3. The number of amides is 1. The van der Waals surface area contributed by atoms with Crippen LogP contribution in [0.1, 0.15) is 21.6 Å². The SMILES string of the molecule is O=C(Nc1ccccc1CN1CCc2ccccc21)c1ccn(-c2ccc([N+](=O)[O-])cc2)n1. The summed E-state index contributed by atoms with van der Waals surface area (Å²) in [4.78, 5) is 25.6. The fraction of sp³-hybridized carbons (Fsp3) is 0.120. The van der Waals surface area contributed by atoms with Crippen LogP contribution in [0.15, 0.2) is 85.1 Å². The van der Waals surface area contributed by atoms with Crippen LogP contribution in [0.5, 0.6) is 0 Å². The van der Waals surface area contributed by atoms with Crippen LogP contribution in [0.4, 0.5) is 17.1 Å². The molecule has 33 heavy (non-hydrogen) atoms. The first kappa shape index (κ1) is 20.4. The predicted octanol–water partition coefficient (Wildman–Crippen LogP) is 4.60. The molecule has 8 heteroatoms. The highest BCUT2D eigenvalue weighted by Crippen LogP contribution is 2.30. The Morgan fingerprint density at radius 2 is 1.76 bits per heavy atom. The van der Waals surface area contributed by atoms with Crippen molar-refractivity contribution in [3.8, 4) is 5.69 Å². The molecule has 1 aliphatic heterocycles. The van der Waals surface area contributed by atoms with Crippen LogP contribution in [-0.2, 0) is 13.0 Å². The van der Waals surface area contributed by atoms with Gasteiger partial charge in [-0.2, -0.15) is 5.10 Å². The number of hydrogen-bond acceptors (Lipinski definition) is 5. The number of carbonyl (C=O) groups is 1. The van der Waals surface area contributed by atoms with Crippen LogP contribution in [0.2, 0.25) is 0 Å². The molecule has 8 nitrogen and oxygen atoms in total. The second-order valence-electron chi connectivity index (χ2n) is 7.83. The quantitative estimate of drug-likeness (QED) is 0.350. The number of nitrogens with one attached hydrogen (secondary N) is 1. The Morgan fingerprint density at radius 1 is 1.00 bits per heavy atom. The summed E-state index contributed by atoms with van der Waals surface area (Å²) < 4.78 is 1.52. The molecule has 0 radical (unpaired) electrons. The van der Waals surface area contributed by atoms with Gasteiger partial charge in [0.05, 0.1) is 10.6 Å². The Balaban J connectivity index is 1.32. The predicted molar refractivity (Wildman–Crippen MR) is 126 cm³/mol. The third-order valence-corrected chi connectivity index (χ3v) is 5.76. The van der Waals surface area contributed by atoms with Crippen LogP contribution >= 0.6 is 0 Å². The number of hydrogen-bond donors (Lipinski definition) is 1. The number of nitro groups is 1. The van der Waals surface area contributed by atoms with E-state index in [-0.39, 0.29) is 17.3 Å². The summed E-state index contributed by atoms with van der Waals surface area (Å²) in [6.07, 6.45) is 2.67. The standard InChI is InChI=1S/C25H21N5O3/c31-25(23-14-16-29(27-23)20-9-11-21(12-10-20)30(32)33)26-22-7-3-1-6-19(22)17-28-15-13-18-5-2-4-8-24(18)28/h1-12,14,16H,13,15,17H2,(H,26,31). The third-order valence-electron chi connectivity index (χ3n) is 5.76. The number of nitro benzene ring substituents is 1. The highest BCUT2D eigenvalue weighted by Gasteiger charge is 2.20. The molecule has 4 aromatic rings. The molecule has 164 valence electrons. The van der Waals surface area contributed by atoms with Crippen LogP contribution in [0.25, 0.3) is 5.69 Å². The normalized spacial score (nSPS) is 12.4. The largest absolute Gasteiger partial charge is 0.367 e. The van der Waals surface area contributed by atoms with Gasteiger partial charge >= 0.3 is 0 Å². The Hall–Kier alpha value is -4.46. The summed E-state index contributed by atoms with van der Waals surface area (Å²) in [6.45, 7) is 1.64. The van der Waals surface area contributed by atoms with Crippen molar-refractivity contribution < 1.29 is 9.72 Å². The van der Waals surface area contributed by atoms with Gasteiger partial charge < -0.3 is 10.2 Å². The van der Waals surface area contributed by atoms with Crippen molar-refractivity contribution in [2.45, 2.75) is 13.0 Å². The Labute approximate surface area is 190 Å². The van der Waals surface area contributed by atoms with Crippen LogP contribution in [-0.4, -0.2) is 27.2 Å². The molecule has 0 bridgehead atoms. The first-order valence-electron chi connectivity index (χ1n) is 10.6. The van der Waals surface area contributed by atoms with E-state index in [0.717, 1.165) is 24.2 Å². The number of carbonyl (C=O) groups excluding carboxylic acids is 1. The molecule has 2 heterocycles. The second-order valence-corrected chi connectivity index (χ2v) is 7.83. The van der Waals surface area contributed by atoms with E-state index in [0.29, 0.717) is 12.2 Å². The van der Waals surface area contributed by atoms with E-state index >= 15 is 0 Å². The number of rotatable bonds is 6. The Kier molecular flexibility index (Phi) is 5.32. The highest BCUT2D eigenvalue weighted by atomic mass is 16.6. The lowest BCUT2D eigenvalue weighted by Crippen LogP contribution is -2.21. The number of anilines is 2. The number of aromatic nitrogens is 2. The van der Waals surface area contributed by atoms with E-state index in [1.807, 2.05) is 30.3 Å². The van der Waals surface area contributed by atoms with Crippen molar-refractivity contribution in [2.75, 3.05) is 16.8 Å². The van der Waals surface area contributed by atoms with Gasteiger partial charge in [-0.1, -0.05) is 36.4 Å². The van der Waals surface area contributed by atoms with Crippen molar-refractivity contribution in [3.05, 3.63) is 112 Å². The summed E-state index contributed by atoms with van der Waals surface area (Å²) in [5.74, 6) is -0.315. The van der Waals surface area contributed by atoms with Crippen LogP contribution < -0.4 is 10.2 Å². The maximum atomic E-state index is 12.9. The van der Waals surface area contributed by atoms with Crippen LogP contribution in [0, 0.1) is 10.1 Å². The van der Waals surface area contributed by atoms with E-state index in [1.54, 1.807) is 24.4 Å². The van der Waals surface area contributed by atoms with Crippen molar-refractivity contribution >= 4 is 23.0 Å². The van der Waals surface area contributed by atoms with Gasteiger partial charge in [-0.05, 0) is 47.9 Å². The molecule has 0 aliphatic carbocycles. The average Bonchev–Trinajstić information content (AvgIpc) is 3.49. The monoisotopic (exact) mass is 439 g/mol. The van der Waals surface area contributed by atoms with Gasteiger partial charge in [0.1, 0.15) is 0 Å². The zero-order valence-corrected chi connectivity index (χ0v) is 17.7. The number of para-hydroxylation sites is 2. The molecule has 0 unspecified atom stereocenters. The molecule has 0 fully saturated rings. The maximum Gasteiger partial charge on any atom is 0.276 e. The molecule has 0 spiro atoms. The van der Waals surface area contributed by atoms with Gasteiger partial charge in [0.15, 0.2) is 5.69 Å². The zero-order chi connectivity index (χ0) is 22.8. The maximum absolute atomic E-state index is 12.9.